The molecule has 11 heteroatoms. The predicted molar refractivity (Wildman–Crippen MR) is 129 cm³/mol. The van der Waals surface area contributed by atoms with Crippen LogP contribution in [0.15, 0.2) is 30.5 Å². The van der Waals surface area contributed by atoms with Crippen molar-refractivity contribution in [1.82, 2.24) is 19.9 Å². The highest BCUT2D eigenvalue weighted by Crippen LogP contribution is 2.34. The van der Waals surface area contributed by atoms with E-state index in [1.54, 1.807) is 4.52 Å². The van der Waals surface area contributed by atoms with Gasteiger partial charge in [-0.05, 0) is 31.0 Å². The molecule has 33 heavy (non-hydrogen) atoms. The van der Waals surface area contributed by atoms with Crippen LogP contribution in [-0.2, 0) is 0 Å². The van der Waals surface area contributed by atoms with E-state index in [-0.39, 0.29) is 0 Å². The molecule has 3 aromatic rings. The van der Waals surface area contributed by atoms with Crippen LogP contribution in [-0.4, -0.2) is 59.5 Å². The van der Waals surface area contributed by atoms with E-state index >= 15 is 0 Å². The highest BCUT2D eigenvalue weighted by atomic mass is 15.3. The molecular formula is C22H25N11. The summed E-state index contributed by atoms with van der Waals surface area (Å²) in [5, 5.41) is 39.7. The molecule has 0 atom stereocenters. The molecule has 5 rings (SSSR count). The fraction of sp³-hybridized carbons (Fsp3) is 0.318. The summed E-state index contributed by atoms with van der Waals surface area (Å²) in [5.74, 6) is 0.567. The maximum atomic E-state index is 9.45. The molecule has 1 aliphatic heterocycles. The van der Waals surface area contributed by atoms with Crippen molar-refractivity contribution < 1.29 is 0 Å². The van der Waals surface area contributed by atoms with E-state index in [1.165, 1.54) is 11.1 Å². The molecule has 168 valence electrons. The summed E-state index contributed by atoms with van der Waals surface area (Å²) in [6, 6.07) is 10.3. The van der Waals surface area contributed by atoms with Gasteiger partial charge in [0.2, 0.25) is 0 Å². The Balaban J connectivity index is 1.51. The van der Waals surface area contributed by atoms with E-state index in [9.17, 15) is 5.26 Å². The van der Waals surface area contributed by atoms with Crippen molar-refractivity contribution in [3.05, 3.63) is 36.2 Å². The summed E-state index contributed by atoms with van der Waals surface area (Å²) in [6.45, 7) is 3.49. The van der Waals surface area contributed by atoms with Gasteiger partial charge < -0.3 is 20.9 Å². The molecule has 2 aromatic heterocycles. The minimum atomic E-state index is 0.362. The first-order valence-corrected chi connectivity index (χ1v) is 10.9. The van der Waals surface area contributed by atoms with Gasteiger partial charge in [0, 0.05) is 44.0 Å². The lowest BCUT2D eigenvalue weighted by Gasteiger charge is -2.32. The fourth-order valence-electron chi connectivity index (χ4n) is 3.96. The quantitative estimate of drug-likeness (QED) is 0.264. The number of fused-ring (bicyclic) bond motifs is 1. The molecule has 1 aliphatic carbocycles. The minimum absolute atomic E-state index is 0.362. The number of nitriles is 1. The van der Waals surface area contributed by atoms with Gasteiger partial charge in [0.15, 0.2) is 17.2 Å². The van der Waals surface area contributed by atoms with Gasteiger partial charge in [-0.15, -0.1) is 5.10 Å². The van der Waals surface area contributed by atoms with Crippen molar-refractivity contribution in [3.8, 4) is 6.07 Å². The molecular weight excluding hydrogens is 418 g/mol. The normalized spacial score (nSPS) is 15.7. The van der Waals surface area contributed by atoms with E-state index in [0.29, 0.717) is 23.2 Å². The van der Waals surface area contributed by atoms with Crippen LogP contribution in [0.2, 0.25) is 0 Å². The zero-order chi connectivity index (χ0) is 22.8. The van der Waals surface area contributed by atoms with E-state index in [0.717, 1.165) is 74.4 Å². The van der Waals surface area contributed by atoms with E-state index in [4.69, 9.17) is 10.8 Å². The highest BCUT2D eigenvalue weighted by Gasteiger charge is 2.23. The molecule has 1 saturated heterocycles. The Bertz CT molecular complexity index is 1220. The van der Waals surface area contributed by atoms with Gasteiger partial charge in [-0.3, -0.25) is 15.7 Å². The van der Waals surface area contributed by atoms with Gasteiger partial charge in [0.1, 0.15) is 6.07 Å². The fourth-order valence-corrected chi connectivity index (χ4v) is 3.96. The molecule has 1 saturated carbocycles. The number of aromatic nitrogens is 3. The third-order valence-electron chi connectivity index (χ3n) is 5.78. The summed E-state index contributed by atoms with van der Waals surface area (Å²) in [5.41, 5.74) is 4.29. The SMILES string of the molecule is N#Cc1cnc2c(NC3CC3)cc(Nc3ccc(N4CCNCC4)c(N(C=N)C=N)c3)nn12. The minimum Gasteiger partial charge on any atom is -0.379 e. The number of anilines is 5. The van der Waals surface area contributed by atoms with Gasteiger partial charge >= 0.3 is 0 Å². The molecule has 11 nitrogen and oxygen atoms in total. The number of nitrogens with zero attached hydrogens (tertiary/aromatic N) is 6. The number of hydrogen-bond donors (Lipinski definition) is 5. The summed E-state index contributed by atoms with van der Waals surface area (Å²) in [7, 11) is 0. The first-order chi connectivity index (χ1) is 16.2. The zero-order valence-corrected chi connectivity index (χ0v) is 18.0. The van der Waals surface area contributed by atoms with Gasteiger partial charge in [-0.25, -0.2) is 4.98 Å². The average Bonchev–Trinajstić information content (AvgIpc) is 3.56. The van der Waals surface area contributed by atoms with Crippen molar-refractivity contribution in [2.45, 2.75) is 18.9 Å². The van der Waals surface area contributed by atoms with Gasteiger partial charge in [0.25, 0.3) is 0 Å². The van der Waals surface area contributed by atoms with E-state index in [1.807, 2.05) is 24.3 Å². The lowest BCUT2D eigenvalue weighted by Crippen LogP contribution is -2.44. The monoisotopic (exact) mass is 443 g/mol. The molecule has 0 amide bonds. The van der Waals surface area contributed by atoms with Gasteiger partial charge in [0.05, 0.1) is 35.9 Å². The second-order valence-electron chi connectivity index (χ2n) is 8.08. The van der Waals surface area contributed by atoms with Crippen LogP contribution in [0.25, 0.3) is 5.65 Å². The van der Waals surface area contributed by atoms with Gasteiger partial charge in [-0.1, -0.05) is 0 Å². The molecule has 1 aromatic carbocycles. The Kier molecular flexibility index (Phi) is 5.50. The van der Waals surface area contributed by atoms with Crippen molar-refractivity contribution in [1.29, 1.82) is 16.1 Å². The summed E-state index contributed by atoms with van der Waals surface area (Å²) < 4.78 is 1.55. The number of benzene rings is 1. The number of imidazole rings is 1. The van der Waals surface area contributed by atoms with Crippen LogP contribution in [0.5, 0.6) is 0 Å². The highest BCUT2D eigenvalue weighted by molar-refractivity contribution is 6.02. The molecule has 0 spiro atoms. The van der Waals surface area contributed by atoms with Crippen molar-refractivity contribution in [2.75, 3.05) is 46.6 Å². The van der Waals surface area contributed by atoms with Gasteiger partial charge in [-0.2, -0.15) is 9.78 Å². The summed E-state index contributed by atoms with van der Waals surface area (Å²) >= 11 is 0. The molecule has 2 fully saturated rings. The number of rotatable bonds is 8. The first-order valence-electron chi connectivity index (χ1n) is 10.9. The Morgan fingerprint density at radius 1 is 1.18 bits per heavy atom. The van der Waals surface area contributed by atoms with Crippen LogP contribution in [0.4, 0.5) is 28.6 Å². The maximum Gasteiger partial charge on any atom is 0.178 e. The number of nitrogens with one attached hydrogen (secondary N) is 5. The smallest absolute Gasteiger partial charge is 0.178 e. The Labute approximate surface area is 191 Å². The zero-order valence-electron chi connectivity index (χ0n) is 18.0. The van der Waals surface area contributed by atoms with Crippen LogP contribution < -0.4 is 25.8 Å². The Hall–Kier alpha value is -4.17. The second kappa shape index (κ2) is 8.76. The van der Waals surface area contributed by atoms with Crippen LogP contribution in [0.1, 0.15) is 18.5 Å². The average molecular weight is 444 g/mol. The largest absolute Gasteiger partial charge is 0.379 e. The Morgan fingerprint density at radius 3 is 2.67 bits per heavy atom. The molecule has 0 unspecified atom stereocenters. The van der Waals surface area contributed by atoms with E-state index < -0.39 is 0 Å². The topological polar surface area (TPSA) is 144 Å². The number of piperazine rings is 1. The third kappa shape index (κ3) is 4.16. The first kappa shape index (κ1) is 20.7. The van der Waals surface area contributed by atoms with Crippen molar-refractivity contribution in [2.24, 2.45) is 0 Å². The number of hydrogen-bond acceptors (Lipinski definition) is 9. The third-order valence-corrected chi connectivity index (χ3v) is 5.78. The van der Waals surface area contributed by atoms with Crippen molar-refractivity contribution >= 4 is 46.9 Å². The molecule has 3 heterocycles. The van der Waals surface area contributed by atoms with Crippen LogP contribution in [0.3, 0.4) is 0 Å². The Morgan fingerprint density at radius 2 is 1.97 bits per heavy atom. The lowest BCUT2D eigenvalue weighted by molar-refractivity contribution is 0.589. The second-order valence-corrected chi connectivity index (χ2v) is 8.08. The lowest BCUT2D eigenvalue weighted by atomic mass is 10.2. The van der Waals surface area contributed by atoms with Crippen LogP contribution in [0, 0.1) is 22.1 Å². The molecule has 5 N–H and O–H groups in total. The van der Waals surface area contributed by atoms with E-state index in [2.05, 4.69) is 37.0 Å². The molecule has 0 bridgehead atoms. The summed E-state index contributed by atoms with van der Waals surface area (Å²) in [4.78, 5) is 8.09. The molecule has 2 aliphatic rings. The van der Waals surface area contributed by atoms with Crippen molar-refractivity contribution in [3.63, 3.8) is 0 Å². The predicted octanol–water partition coefficient (Wildman–Crippen LogP) is 2.35. The molecule has 0 radical (unpaired) electrons. The van der Waals surface area contributed by atoms with Crippen LogP contribution >= 0.6 is 0 Å². The summed E-state index contributed by atoms with van der Waals surface area (Å²) in [6.07, 6.45) is 6.01. The standard InChI is InChI=1S/C22H25N11/c23-11-17-12-27-22-18(28-15-1-2-15)10-21(30-33(17)22)29-16-3-4-19(31-7-5-26-6-8-31)20(9-16)32(13-24)14-25/h3-4,9-10,12-15,24-26,28H,1-2,5-8H2,(H,29,30). The maximum absolute atomic E-state index is 9.45.